The third kappa shape index (κ3) is 4.05. The summed E-state index contributed by atoms with van der Waals surface area (Å²) in [5, 5.41) is 3.46. The van der Waals surface area contributed by atoms with Gasteiger partial charge in [0.1, 0.15) is 0 Å². The molecule has 1 aromatic rings. The van der Waals surface area contributed by atoms with Crippen LogP contribution in [0.25, 0.3) is 0 Å². The number of halogens is 1. The Bertz CT molecular complexity index is 426. The predicted octanol–water partition coefficient (Wildman–Crippen LogP) is 2.02. The first kappa shape index (κ1) is 14.0. The minimum atomic E-state index is 0.0602. The Labute approximate surface area is 121 Å². The van der Waals surface area contributed by atoms with E-state index in [0.717, 1.165) is 19.0 Å². The van der Waals surface area contributed by atoms with E-state index in [4.69, 9.17) is 0 Å². The minimum absolute atomic E-state index is 0.0602. The maximum Gasteiger partial charge on any atom is 0.266 e. The molecule has 0 spiro atoms. The monoisotopic (exact) mass is 361 g/mol. The summed E-state index contributed by atoms with van der Waals surface area (Å²) in [5.74, 6) is 0.838. The highest BCUT2D eigenvalue weighted by Gasteiger charge is 2.12. The number of nitrogens with one attached hydrogen (secondary N) is 1. The van der Waals surface area contributed by atoms with Crippen molar-refractivity contribution < 1.29 is 0 Å². The van der Waals surface area contributed by atoms with Crippen LogP contribution in [0.2, 0.25) is 0 Å². The van der Waals surface area contributed by atoms with Crippen LogP contribution < -0.4 is 10.9 Å². The zero-order valence-corrected chi connectivity index (χ0v) is 12.7. The first-order chi connectivity index (χ1) is 8.77. The molecular weight excluding hydrogens is 341 g/mol. The molecule has 0 aromatic carbocycles. The lowest BCUT2D eigenvalue weighted by atomic mass is 9.89. The van der Waals surface area contributed by atoms with Crippen molar-refractivity contribution in [3.63, 3.8) is 0 Å². The van der Waals surface area contributed by atoms with Crippen molar-refractivity contribution in [1.29, 1.82) is 0 Å². The fourth-order valence-electron chi connectivity index (χ4n) is 2.48. The fourth-order valence-corrected chi connectivity index (χ4v) is 2.95. The van der Waals surface area contributed by atoms with E-state index in [9.17, 15) is 4.79 Å². The van der Waals surface area contributed by atoms with E-state index in [2.05, 4.69) is 10.3 Å². The average molecular weight is 361 g/mol. The summed E-state index contributed by atoms with van der Waals surface area (Å²) >= 11 is 2.03. The van der Waals surface area contributed by atoms with Crippen LogP contribution in [0.3, 0.4) is 0 Å². The van der Waals surface area contributed by atoms with Gasteiger partial charge >= 0.3 is 0 Å². The highest BCUT2D eigenvalue weighted by molar-refractivity contribution is 14.1. The van der Waals surface area contributed by atoms with Crippen LogP contribution in [0.4, 0.5) is 0 Å². The van der Waals surface area contributed by atoms with Crippen LogP contribution in [-0.2, 0) is 6.54 Å². The molecule has 0 bridgehead atoms. The largest absolute Gasteiger partial charge is 0.315 e. The Kier molecular flexibility index (Phi) is 5.62. The van der Waals surface area contributed by atoms with Crippen LogP contribution in [0.1, 0.15) is 32.1 Å². The van der Waals surface area contributed by atoms with Gasteiger partial charge in [0.2, 0.25) is 0 Å². The molecule has 0 aliphatic heterocycles. The molecule has 1 aliphatic rings. The van der Waals surface area contributed by atoms with E-state index in [-0.39, 0.29) is 5.56 Å². The number of aromatic nitrogens is 2. The Balaban J connectivity index is 1.71. The summed E-state index contributed by atoms with van der Waals surface area (Å²) in [6.07, 6.45) is 10.1. The van der Waals surface area contributed by atoms with Crippen LogP contribution in [0.5, 0.6) is 0 Å². The lowest BCUT2D eigenvalue weighted by Gasteiger charge is -2.21. The van der Waals surface area contributed by atoms with Crippen molar-refractivity contribution in [3.8, 4) is 0 Å². The second-order valence-corrected chi connectivity index (χ2v) is 6.11. The molecule has 2 rings (SSSR count). The third-order valence-corrected chi connectivity index (χ3v) is 4.29. The molecule has 0 atom stereocenters. The molecule has 1 saturated carbocycles. The highest BCUT2D eigenvalue weighted by Crippen LogP contribution is 2.22. The van der Waals surface area contributed by atoms with Gasteiger partial charge in [-0.2, -0.15) is 0 Å². The lowest BCUT2D eigenvalue weighted by Crippen LogP contribution is -2.31. The Morgan fingerprint density at radius 1 is 1.39 bits per heavy atom. The maximum atomic E-state index is 11.8. The van der Waals surface area contributed by atoms with Crippen molar-refractivity contribution in [3.05, 3.63) is 26.4 Å². The van der Waals surface area contributed by atoms with Crippen molar-refractivity contribution in [2.24, 2.45) is 5.92 Å². The first-order valence-corrected chi connectivity index (χ1v) is 7.76. The van der Waals surface area contributed by atoms with Gasteiger partial charge in [0.15, 0.2) is 0 Å². The van der Waals surface area contributed by atoms with Crippen molar-refractivity contribution in [2.45, 2.75) is 38.6 Å². The molecule has 1 heterocycles. The van der Waals surface area contributed by atoms with Gasteiger partial charge in [0.25, 0.3) is 5.56 Å². The van der Waals surface area contributed by atoms with Crippen molar-refractivity contribution in [1.82, 2.24) is 14.9 Å². The maximum absolute atomic E-state index is 11.8. The summed E-state index contributed by atoms with van der Waals surface area (Å²) in [4.78, 5) is 15.8. The summed E-state index contributed by atoms with van der Waals surface area (Å²) in [6.45, 7) is 2.64. The van der Waals surface area contributed by atoms with E-state index in [1.165, 1.54) is 32.1 Å². The van der Waals surface area contributed by atoms with Crippen LogP contribution in [0.15, 0.2) is 17.3 Å². The summed E-state index contributed by atoms with van der Waals surface area (Å²) in [5.41, 5.74) is 0.0602. The number of rotatable bonds is 5. The van der Waals surface area contributed by atoms with Crippen LogP contribution >= 0.6 is 22.6 Å². The number of nitrogens with zero attached hydrogens (tertiary/aromatic N) is 2. The van der Waals surface area contributed by atoms with E-state index < -0.39 is 0 Å². The summed E-state index contributed by atoms with van der Waals surface area (Å²) in [7, 11) is 0. The molecule has 4 nitrogen and oxygen atoms in total. The van der Waals surface area contributed by atoms with E-state index in [1.54, 1.807) is 17.1 Å². The summed E-state index contributed by atoms with van der Waals surface area (Å²) < 4.78 is 2.36. The lowest BCUT2D eigenvalue weighted by molar-refractivity contribution is 0.340. The molecule has 5 heteroatoms. The molecule has 0 unspecified atom stereocenters. The quantitative estimate of drug-likeness (QED) is 0.645. The SMILES string of the molecule is O=c1c(I)cncn1CCNCC1CCCCC1. The van der Waals surface area contributed by atoms with Gasteiger partial charge < -0.3 is 5.32 Å². The molecule has 1 aromatic heterocycles. The topological polar surface area (TPSA) is 46.9 Å². The Hall–Kier alpha value is -0.430. The zero-order chi connectivity index (χ0) is 12.8. The van der Waals surface area contributed by atoms with Crippen LogP contribution in [-0.4, -0.2) is 22.6 Å². The minimum Gasteiger partial charge on any atom is -0.315 e. The smallest absolute Gasteiger partial charge is 0.266 e. The predicted molar refractivity (Wildman–Crippen MR) is 80.7 cm³/mol. The molecule has 1 aliphatic carbocycles. The second kappa shape index (κ2) is 7.23. The Morgan fingerprint density at radius 3 is 2.94 bits per heavy atom. The molecule has 0 radical (unpaired) electrons. The van der Waals surface area contributed by atoms with Gasteiger partial charge in [-0.15, -0.1) is 0 Å². The average Bonchev–Trinajstić information content (AvgIpc) is 2.40. The second-order valence-electron chi connectivity index (χ2n) is 4.95. The highest BCUT2D eigenvalue weighted by atomic mass is 127. The van der Waals surface area contributed by atoms with Gasteiger partial charge in [-0.05, 0) is 47.9 Å². The summed E-state index contributed by atoms with van der Waals surface area (Å²) in [6, 6.07) is 0. The zero-order valence-electron chi connectivity index (χ0n) is 10.6. The van der Waals surface area contributed by atoms with Crippen molar-refractivity contribution >= 4 is 22.6 Å². The van der Waals surface area contributed by atoms with Gasteiger partial charge in [-0.25, -0.2) is 4.98 Å². The molecular formula is C13H20IN3O. The van der Waals surface area contributed by atoms with E-state index in [0.29, 0.717) is 10.1 Å². The standard InChI is InChI=1S/C13H20IN3O/c14-12-9-16-10-17(13(12)18)7-6-15-8-11-4-2-1-3-5-11/h9-11,15H,1-8H2. The Morgan fingerprint density at radius 2 is 2.17 bits per heavy atom. The number of hydrogen-bond acceptors (Lipinski definition) is 3. The third-order valence-electron chi connectivity index (χ3n) is 3.55. The van der Waals surface area contributed by atoms with Gasteiger partial charge in [-0.3, -0.25) is 9.36 Å². The number of hydrogen-bond donors (Lipinski definition) is 1. The first-order valence-electron chi connectivity index (χ1n) is 6.68. The van der Waals surface area contributed by atoms with E-state index in [1.807, 2.05) is 22.6 Å². The van der Waals surface area contributed by atoms with Gasteiger partial charge in [0.05, 0.1) is 9.90 Å². The fraction of sp³-hybridized carbons (Fsp3) is 0.692. The molecule has 100 valence electrons. The normalized spacial score (nSPS) is 16.9. The van der Waals surface area contributed by atoms with Gasteiger partial charge in [-0.1, -0.05) is 19.3 Å². The molecule has 0 saturated heterocycles. The van der Waals surface area contributed by atoms with Gasteiger partial charge in [0, 0.05) is 19.3 Å². The van der Waals surface area contributed by atoms with E-state index >= 15 is 0 Å². The molecule has 1 N–H and O–H groups in total. The van der Waals surface area contributed by atoms with Crippen LogP contribution in [0, 0.1) is 9.49 Å². The molecule has 0 amide bonds. The molecule has 1 fully saturated rings. The van der Waals surface area contributed by atoms with Crippen molar-refractivity contribution in [2.75, 3.05) is 13.1 Å². The molecule has 18 heavy (non-hydrogen) atoms.